The van der Waals surface area contributed by atoms with Crippen molar-refractivity contribution in [2.45, 2.75) is 25.3 Å². The van der Waals surface area contributed by atoms with Crippen LogP contribution in [-0.4, -0.2) is 18.0 Å². The minimum atomic E-state index is -0.169. The largest absolute Gasteiger partial charge is 0.497 e. The van der Waals surface area contributed by atoms with E-state index in [9.17, 15) is 4.79 Å². The van der Waals surface area contributed by atoms with Crippen molar-refractivity contribution in [1.29, 1.82) is 0 Å². The van der Waals surface area contributed by atoms with Crippen LogP contribution < -0.4 is 10.1 Å². The molecule has 2 aromatic carbocycles. The molecule has 150 valence electrons. The first kappa shape index (κ1) is 21.2. The van der Waals surface area contributed by atoms with Gasteiger partial charge in [-0.15, -0.1) is 0 Å². The van der Waals surface area contributed by atoms with Gasteiger partial charge >= 0.3 is 0 Å². The number of benzene rings is 2. The molecule has 0 saturated heterocycles. The Balaban J connectivity index is 1.77. The number of carbonyl (C=O) groups excluding carboxylic acids is 1. The number of aromatic nitrogens is 1. The maximum absolute atomic E-state index is 12.8. The van der Waals surface area contributed by atoms with Gasteiger partial charge in [0.05, 0.1) is 29.6 Å². The molecular weight excluding hydrogens is 407 g/mol. The van der Waals surface area contributed by atoms with Gasteiger partial charge in [0.1, 0.15) is 5.75 Å². The fraction of sp³-hybridized carbons (Fsp3) is 0.217. The number of pyridine rings is 1. The van der Waals surface area contributed by atoms with E-state index in [1.165, 1.54) is 18.0 Å². The minimum Gasteiger partial charge on any atom is -0.497 e. The number of hydrogen-bond acceptors (Lipinski definition) is 3. The molecule has 0 bridgehead atoms. The summed E-state index contributed by atoms with van der Waals surface area (Å²) in [5.74, 6) is 0.600. The van der Waals surface area contributed by atoms with Gasteiger partial charge in [0.15, 0.2) is 0 Å². The first-order chi connectivity index (χ1) is 14.1. The summed E-state index contributed by atoms with van der Waals surface area (Å²) in [5.41, 5.74) is 2.78. The van der Waals surface area contributed by atoms with Crippen LogP contribution in [0.15, 0.2) is 67.0 Å². The van der Waals surface area contributed by atoms with Crippen molar-refractivity contribution >= 4 is 29.1 Å². The molecule has 29 heavy (non-hydrogen) atoms. The van der Waals surface area contributed by atoms with E-state index in [0.717, 1.165) is 24.2 Å². The summed E-state index contributed by atoms with van der Waals surface area (Å²) < 4.78 is 5.35. The fourth-order valence-electron chi connectivity index (χ4n) is 3.15. The molecule has 1 aromatic heterocycles. The molecule has 1 unspecified atom stereocenters. The van der Waals surface area contributed by atoms with E-state index in [4.69, 9.17) is 27.9 Å². The van der Waals surface area contributed by atoms with Crippen molar-refractivity contribution in [2.75, 3.05) is 7.11 Å². The molecule has 1 amide bonds. The summed E-state index contributed by atoms with van der Waals surface area (Å²) in [7, 11) is 1.63. The van der Waals surface area contributed by atoms with E-state index in [1.807, 2.05) is 42.5 Å². The van der Waals surface area contributed by atoms with Crippen molar-refractivity contribution in [2.24, 2.45) is 0 Å². The lowest BCUT2D eigenvalue weighted by Gasteiger charge is -2.20. The Hall–Kier alpha value is -2.56. The van der Waals surface area contributed by atoms with Crippen LogP contribution in [0.25, 0.3) is 0 Å². The van der Waals surface area contributed by atoms with E-state index >= 15 is 0 Å². The lowest BCUT2D eigenvalue weighted by molar-refractivity contribution is -0.121. The fourth-order valence-corrected chi connectivity index (χ4v) is 3.65. The predicted octanol–water partition coefficient (Wildman–Crippen LogP) is 5.43. The maximum Gasteiger partial charge on any atom is 0.225 e. The number of amides is 1. The monoisotopic (exact) mass is 428 g/mol. The number of aryl methyl sites for hydroxylation is 1. The van der Waals surface area contributed by atoms with Crippen molar-refractivity contribution in [3.8, 4) is 5.75 Å². The molecule has 0 saturated carbocycles. The molecule has 0 aliphatic carbocycles. The van der Waals surface area contributed by atoms with Gasteiger partial charge in [-0.25, -0.2) is 0 Å². The topological polar surface area (TPSA) is 51.2 Å². The zero-order valence-corrected chi connectivity index (χ0v) is 17.6. The zero-order chi connectivity index (χ0) is 20.6. The summed E-state index contributed by atoms with van der Waals surface area (Å²) in [6, 6.07) is 17.8. The summed E-state index contributed by atoms with van der Waals surface area (Å²) in [5, 5.41) is 3.89. The molecule has 1 N–H and O–H groups in total. The number of nitrogens with zero attached hydrogens (tertiary/aromatic N) is 1. The maximum atomic E-state index is 12.8. The van der Waals surface area contributed by atoms with E-state index in [2.05, 4.69) is 22.4 Å². The highest BCUT2D eigenvalue weighted by Gasteiger charge is 2.18. The van der Waals surface area contributed by atoms with Gasteiger partial charge in [-0.1, -0.05) is 65.7 Å². The summed E-state index contributed by atoms with van der Waals surface area (Å²) in [6.07, 6.45) is 4.66. The summed E-state index contributed by atoms with van der Waals surface area (Å²) in [6.45, 7) is 0. The van der Waals surface area contributed by atoms with Crippen LogP contribution in [0.5, 0.6) is 5.75 Å². The minimum absolute atomic E-state index is 0.0893. The average molecular weight is 429 g/mol. The standard InChI is InChI=1S/C23H22Cl2N2O2/c1-29-18-9-5-8-17(12-18)22(11-10-16-6-3-2-4-7-16)27-23(28)13-19-20(24)14-26-15-21(19)25/h2-9,12,14-15,22H,10-11,13H2,1H3,(H,27,28). The number of halogens is 2. The molecule has 1 heterocycles. The zero-order valence-electron chi connectivity index (χ0n) is 16.1. The first-order valence-corrected chi connectivity index (χ1v) is 10.1. The summed E-state index contributed by atoms with van der Waals surface area (Å²) >= 11 is 12.3. The second-order valence-corrected chi connectivity index (χ2v) is 7.49. The van der Waals surface area contributed by atoms with Crippen molar-refractivity contribution in [1.82, 2.24) is 10.3 Å². The van der Waals surface area contributed by atoms with Crippen LogP contribution in [0.3, 0.4) is 0 Å². The van der Waals surface area contributed by atoms with E-state index in [1.54, 1.807) is 7.11 Å². The van der Waals surface area contributed by atoms with Crippen molar-refractivity contribution < 1.29 is 9.53 Å². The van der Waals surface area contributed by atoms with Crippen LogP contribution in [0.2, 0.25) is 10.0 Å². The van der Waals surface area contributed by atoms with Crippen molar-refractivity contribution in [3.63, 3.8) is 0 Å². The first-order valence-electron chi connectivity index (χ1n) is 9.32. The third-order valence-corrected chi connectivity index (χ3v) is 5.34. The van der Waals surface area contributed by atoms with Crippen LogP contribution in [0.4, 0.5) is 0 Å². The number of rotatable bonds is 8. The summed E-state index contributed by atoms with van der Waals surface area (Å²) in [4.78, 5) is 16.7. The Labute approximate surface area is 180 Å². The number of hydrogen-bond donors (Lipinski definition) is 1. The van der Waals surface area contributed by atoms with Gasteiger partial charge in [0.25, 0.3) is 0 Å². The van der Waals surface area contributed by atoms with E-state index in [0.29, 0.717) is 15.6 Å². The third-order valence-electron chi connectivity index (χ3n) is 4.69. The highest BCUT2D eigenvalue weighted by molar-refractivity contribution is 6.36. The predicted molar refractivity (Wildman–Crippen MR) is 117 cm³/mol. The molecule has 3 aromatic rings. The van der Waals surface area contributed by atoms with E-state index in [-0.39, 0.29) is 18.4 Å². The Kier molecular flexibility index (Phi) is 7.50. The van der Waals surface area contributed by atoms with Crippen LogP contribution in [0, 0.1) is 0 Å². The molecular formula is C23H22Cl2N2O2. The quantitative estimate of drug-likeness (QED) is 0.520. The Bertz CT molecular complexity index is 944. The van der Waals surface area contributed by atoms with Gasteiger partial charge in [-0.3, -0.25) is 9.78 Å². The molecule has 0 spiro atoms. The molecule has 0 aliphatic heterocycles. The number of methoxy groups -OCH3 is 1. The molecule has 6 heteroatoms. The molecule has 0 aliphatic rings. The molecule has 1 atom stereocenters. The van der Waals surface area contributed by atoms with Gasteiger partial charge in [0, 0.05) is 18.0 Å². The van der Waals surface area contributed by atoms with Crippen LogP contribution in [0.1, 0.15) is 29.2 Å². The molecule has 4 nitrogen and oxygen atoms in total. The van der Waals surface area contributed by atoms with Crippen molar-refractivity contribution in [3.05, 3.63) is 93.7 Å². The molecule has 3 rings (SSSR count). The number of ether oxygens (including phenoxy) is 1. The Morgan fingerprint density at radius 3 is 2.48 bits per heavy atom. The highest BCUT2D eigenvalue weighted by atomic mass is 35.5. The van der Waals surface area contributed by atoms with E-state index < -0.39 is 0 Å². The lowest BCUT2D eigenvalue weighted by atomic mass is 9.98. The Morgan fingerprint density at radius 1 is 1.07 bits per heavy atom. The van der Waals surface area contributed by atoms with Crippen LogP contribution >= 0.6 is 23.2 Å². The second kappa shape index (κ2) is 10.3. The second-order valence-electron chi connectivity index (χ2n) is 6.68. The smallest absolute Gasteiger partial charge is 0.225 e. The van der Waals surface area contributed by atoms with Gasteiger partial charge < -0.3 is 10.1 Å². The lowest BCUT2D eigenvalue weighted by Crippen LogP contribution is -2.30. The highest BCUT2D eigenvalue weighted by Crippen LogP contribution is 2.26. The molecule has 0 radical (unpaired) electrons. The number of carbonyl (C=O) groups is 1. The number of nitrogens with one attached hydrogen (secondary N) is 1. The third kappa shape index (κ3) is 5.96. The van der Waals surface area contributed by atoms with Gasteiger partial charge in [0.2, 0.25) is 5.91 Å². The average Bonchev–Trinajstić information content (AvgIpc) is 2.74. The molecule has 0 fully saturated rings. The van der Waals surface area contributed by atoms with Crippen LogP contribution in [-0.2, 0) is 17.6 Å². The van der Waals surface area contributed by atoms with Gasteiger partial charge in [-0.05, 0) is 36.1 Å². The van der Waals surface area contributed by atoms with Gasteiger partial charge in [-0.2, -0.15) is 0 Å². The normalized spacial score (nSPS) is 11.7. The Morgan fingerprint density at radius 2 is 1.79 bits per heavy atom. The SMILES string of the molecule is COc1cccc(C(CCc2ccccc2)NC(=O)Cc2c(Cl)cncc2Cl)c1.